The molecule has 2 aliphatic rings. The summed E-state index contributed by atoms with van der Waals surface area (Å²) in [5.74, 6) is 2.05. The number of nitrogens with zero attached hydrogens (tertiary/aromatic N) is 9. The van der Waals surface area contributed by atoms with Crippen LogP contribution in [0.4, 0.5) is 34.1 Å². The maximum Gasteiger partial charge on any atom is 0.252 e. The van der Waals surface area contributed by atoms with Crippen molar-refractivity contribution in [2.24, 2.45) is 0 Å². The van der Waals surface area contributed by atoms with Gasteiger partial charge in [-0.1, -0.05) is 374 Å². The van der Waals surface area contributed by atoms with Crippen LogP contribution in [0.2, 0.25) is 0 Å². The average Bonchev–Trinajstić information content (AvgIpc) is 1.41. The van der Waals surface area contributed by atoms with Crippen LogP contribution in [0.3, 0.4) is 0 Å². The van der Waals surface area contributed by atoms with E-state index in [1.165, 1.54) is 0 Å². The molecule has 10 heteroatoms. The van der Waals surface area contributed by atoms with Gasteiger partial charge in [-0.2, -0.15) is 0 Å². The predicted molar refractivity (Wildman–Crippen MR) is 511 cm³/mol. The van der Waals surface area contributed by atoms with Gasteiger partial charge in [-0.25, -0.2) is 29.9 Å². The number of hydrogen-bond acceptors (Lipinski definition) is 8. The molecule has 590 valence electrons. The van der Waals surface area contributed by atoms with E-state index in [-0.39, 0.29) is 55.3 Å². The van der Waals surface area contributed by atoms with Crippen molar-refractivity contribution in [2.45, 2.75) is 105 Å². The zero-order chi connectivity index (χ0) is 94.8. The summed E-state index contributed by atoms with van der Waals surface area (Å²) in [6.45, 7) is 25.5. The molecule has 0 N–H and O–H groups in total. The highest BCUT2D eigenvalue weighted by atomic mass is 15.2. The molecular weight excluding hydrogens is 1480 g/mol. The SMILES string of the molecule is [2H]c1c([2H])c([2H])c(-c2ccc3c(c2)N(c2c(-c4ccccc4)cc(C(C)(C)C)cc2-c2nc(-c4ccccc4)nc(-c4ccccc4)n2)c2cc(-n4c5c([2H])c([2H])c([2H])c([2H])c5c5c([2H])c([2H])c([2H])c([2H])c54)cc4c2B3c2ccc(-c3cc(C(C)(C)C)cc(C(C)(C)C)c3)cc2N4c2c(-c3ccccc3)cc(C(C)(C)C)cc2-c2nc(-c3ccccc3)nc(-c3ccccc3)n2)c([2H])c1[2H]. The Morgan fingerprint density at radius 3 is 0.926 bits per heavy atom. The van der Waals surface area contributed by atoms with E-state index < -0.39 is 96.1 Å². The third-order valence-electron chi connectivity index (χ3n) is 23.6. The smallest absolute Gasteiger partial charge is 0.252 e. The van der Waals surface area contributed by atoms with Gasteiger partial charge in [0.05, 0.1) is 45.9 Å². The molecule has 5 heterocycles. The van der Waals surface area contributed by atoms with Gasteiger partial charge in [0.15, 0.2) is 34.9 Å². The molecule has 0 saturated carbocycles. The molecule has 0 unspecified atom stereocenters. The van der Waals surface area contributed by atoms with Crippen molar-refractivity contribution in [2.75, 3.05) is 9.80 Å². The Balaban J connectivity index is 1.06. The Morgan fingerprint density at radius 1 is 0.254 bits per heavy atom. The molecule has 3 aromatic heterocycles. The maximum atomic E-state index is 10.5. The van der Waals surface area contributed by atoms with Crippen LogP contribution in [0.15, 0.2) is 352 Å². The molecule has 0 fully saturated rings. The van der Waals surface area contributed by atoms with Gasteiger partial charge < -0.3 is 14.4 Å². The lowest BCUT2D eigenvalue weighted by Gasteiger charge is -2.46. The Labute approximate surface area is 734 Å². The standard InChI is InChI=1S/C112H94BN9/c1-109(2,3)81-60-80(61-82(64-81)110(4,5)6)79-57-59-93-97(63-79)122(102-89(73-42-24-15-25-43-73)66-84(112(10,11)12)68-91(102)108-118-105(76-48-30-18-31-49-76)115-106(119-108)77-50-32-19-33-51-77)99-70-85(120-94-54-36-34-52-86(94)87-53-35-37-55-95(87)120)69-98-100(99)113(93)92-58-56-78(71-38-20-13-21-39-71)62-96(92)121(98)101-88(72-40-22-14-23-41-72)65-83(111(7,8)9)67-90(101)107-116-103(74-44-26-16-27-45-74)114-104(117-107)75-46-28-17-29-47-75/h13-70H,1-12H3/i13D,20D,21D,34D,35D,36D,37D,38D,39D,52D,53D,54D,55D. The third-order valence-corrected chi connectivity index (χ3v) is 23.6. The largest absolute Gasteiger partial charge is 0.310 e. The number of hydrogen-bond donors (Lipinski definition) is 0. The first-order valence-electron chi connectivity index (χ1n) is 47.9. The zero-order valence-electron chi connectivity index (χ0n) is 83.1. The second kappa shape index (κ2) is 29.9. The fourth-order valence-electron chi connectivity index (χ4n) is 17.1. The summed E-state index contributed by atoms with van der Waals surface area (Å²) in [6, 6.07) is 84.2. The van der Waals surface area contributed by atoms with E-state index >= 15 is 0 Å². The lowest BCUT2D eigenvalue weighted by molar-refractivity contribution is 0.569. The summed E-state index contributed by atoms with van der Waals surface area (Å²) in [6.07, 6.45) is 0. The van der Waals surface area contributed by atoms with Crippen molar-refractivity contribution in [3.05, 3.63) is 374 Å². The zero-order valence-corrected chi connectivity index (χ0v) is 70.1. The lowest BCUT2D eigenvalue weighted by atomic mass is 9.33. The number of fused-ring (bicyclic) bond motifs is 7. The van der Waals surface area contributed by atoms with E-state index in [4.69, 9.17) is 31.3 Å². The minimum absolute atomic E-state index is 0.0718. The van der Waals surface area contributed by atoms with E-state index in [1.54, 1.807) is 4.57 Å². The molecule has 9 nitrogen and oxygen atoms in total. The fourth-order valence-corrected chi connectivity index (χ4v) is 17.1. The Morgan fingerprint density at radius 2 is 0.566 bits per heavy atom. The molecule has 0 amide bonds. The summed E-state index contributed by atoms with van der Waals surface area (Å²) in [5.41, 5.74) is 16.0. The van der Waals surface area contributed by atoms with Gasteiger partial charge >= 0.3 is 0 Å². The second-order valence-corrected chi connectivity index (χ2v) is 35.8. The van der Waals surface area contributed by atoms with Crippen LogP contribution >= 0.6 is 0 Å². The van der Waals surface area contributed by atoms with E-state index in [9.17, 15) is 16.4 Å². The molecule has 20 rings (SSSR count). The summed E-state index contributed by atoms with van der Waals surface area (Å²) >= 11 is 0. The van der Waals surface area contributed by atoms with E-state index in [1.807, 2.05) is 200 Å². The Bertz CT molecular complexity index is 7680. The van der Waals surface area contributed by atoms with Crippen LogP contribution in [0.5, 0.6) is 0 Å². The molecule has 2 aliphatic heterocycles. The molecule has 0 atom stereocenters. The van der Waals surface area contributed by atoms with E-state index in [0.29, 0.717) is 102 Å². The maximum absolute atomic E-state index is 10.5. The van der Waals surface area contributed by atoms with E-state index in [2.05, 4.69) is 166 Å². The molecule has 18 aromatic rings. The molecule has 15 aromatic carbocycles. The Kier molecular flexibility index (Phi) is 15.4. The van der Waals surface area contributed by atoms with Crippen LogP contribution in [-0.4, -0.2) is 41.2 Å². The number of para-hydroxylation sites is 2. The lowest BCUT2D eigenvalue weighted by Crippen LogP contribution is -2.61. The van der Waals surface area contributed by atoms with Crippen LogP contribution in [0, 0.1) is 0 Å². The Hall–Kier alpha value is -14.2. The van der Waals surface area contributed by atoms with Gasteiger partial charge in [0.25, 0.3) is 6.71 Å². The fraction of sp³-hybridized carbons (Fsp3) is 0.143. The van der Waals surface area contributed by atoms with Crippen LogP contribution in [0.1, 0.15) is 123 Å². The van der Waals surface area contributed by atoms with Crippen molar-refractivity contribution >= 4 is 79.0 Å². The minimum atomic E-state index is -0.878. The molecule has 0 aliphatic carbocycles. The molecule has 122 heavy (non-hydrogen) atoms. The van der Waals surface area contributed by atoms with Gasteiger partial charge in [0.1, 0.15) is 0 Å². The van der Waals surface area contributed by atoms with E-state index in [0.717, 1.165) is 66.7 Å². The topological polar surface area (TPSA) is 88.8 Å². The van der Waals surface area contributed by atoms with Gasteiger partial charge in [0, 0.05) is 78.0 Å². The molecule has 0 bridgehead atoms. The first-order valence-corrected chi connectivity index (χ1v) is 41.4. The quantitative estimate of drug-likeness (QED) is 0.106. The predicted octanol–water partition coefficient (Wildman–Crippen LogP) is 27.1. The monoisotopic (exact) mass is 1590 g/mol. The highest BCUT2D eigenvalue weighted by molar-refractivity contribution is 7.00. The summed E-state index contributed by atoms with van der Waals surface area (Å²) < 4.78 is 129. The van der Waals surface area contributed by atoms with Gasteiger partial charge in [-0.15, -0.1) is 0 Å². The molecular formula is C112H94BN9. The molecule has 0 spiro atoms. The third kappa shape index (κ3) is 13.8. The van der Waals surface area contributed by atoms with Crippen molar-refractivity contribution in [3.8, 4) is 119 Å². The summed E-state index contributed by atoms with van der Waals surface area (Å²) in [5, 5.41) is -0.294. The van der Waals surface area contributed by atoms with Gasteiger partial charge in [-0.3, -0.25) is 0 Å². The van der Waals surface area contributed by atoms with Crippen molar-refractivity contribution in [1.29, 1.82) is 0 Å². The van der Waals surface area contributed by atoms with Crippen molar-refractivity contribution < 1.29 is 17.8 Å². The second-order valence-electron chi connectivity index (χ2n) is 35.8. The van der Waals surface area contributed by atoms with Gasteiger partial charge in [-0.05, 0) is 154 Å². The minimum Gasteiger partial charge on any atom is -0.310 e. The number of benzene rings is 15. The highest BCUT2D eigenvalue weighted by Gasteiger charge is 2.47. The van der Waals surface area contributed by atoms with Crippen molar-refractivity contribution in [1.82, 2.24) is 34.5 Å². The average molecular weight is 1590 g/mol. The first-order chi connectivity index (χ1) is 64.4. The summed E-state index contributed by atoms with van der Waals surface area (Å²) in [7, 11) is 0. The molecule has 0 saturated heterocycles. The van der Waals surface area contributed by atoms with Gasteiger partial charge in [0.2, 0.25) is 0 Å². The normalized spacial score (nSPS) is 14.2. The van der Waals surface area contributed by atoms with Crippen LogP contribution in [0.25, 0.3) is 140 Å². The first kappa shape index (κ1) is 62.9. The van der Waals surface area contributed by atoms with Crippen LogP contribution in [-0.2, 0) is 21.7 Å². The number of rotatable bonds is 13. The number of aromatic nitrogens is 7. The summed E-state index contributed by atoms with van der Waals surface area (Å²) in [4.78, 5) is 37.9. The molecule has 0 radical (unpaired) electrons. The van der Waals surface area contributed by atoms with Crippen LogP contribution < -0.4 is 26.2 Å². The van der Waals surface area contributed by atoms with Crippen molar-refractivity contribution in [3.63, 3.8) is 0 Å². The highest BCUT2D eigenvalue weighted by Crippen LogP contribution is 2.56. The number of anilines is 6.